The lowest BCUT2D eigenvalue weighted by Crippen LogP contribution is -2.46. The highest BCUT2D eigenvalue weighted by Crippen LogP contribution is 2.33. The summed E-state index contributed by atoms with van der Waals surface area (Å²) in [5.74, 6) is 0. The summed E-state index contributed by atoms with van der Waals surface area (Å²) in [7, 11) is -3.86. The quantitative estimate of drug-likeness (QED) is 0.346. The van der Waals surface area contributed by atoms with Crippen molar-refractivity contribution in [1.29, 1.82) is 0 Å². The number of aryl methyl sites for hydroxylation is 1. The zero-order chi connectivity index (χ0) is 28.0. The van der Waals surface area contributed by atoms with Crippen molar-refractivity contribution >= 4 is 15.9 Å². The lowest BCUT2D eigenvalue weighted by Gasteiger charge is -2.30. The Bertz CT molecular complexity index is 1320. The number of carbonyl (C=O) groups is 1. The second kappa shape index (κ2) is 12.3. The summed E-state index contributed by atoms with van der Waals surface area (Å²) >= 11 is 0. The Morgan fingerprint density at radius 3 is 2.00 bits per heavy atom. The molecule has 1 heterocycles. The number of hydrogen-bond acceptors (Lipinski definition) is 6. The van der Waals surface area contributed by atoms with Gasteiger partial charge in [0.2, 0.25) is 0 Å². The van der Waals surface area contributed by atoms with Gasteiger partial charge in [-0.25, -0.2) is 13.2 Å². The maximum atomic E-state index is 14.0. The topological polar surface area (TPSA) is 82.1 Å². The van der Waals surface area contributed by atoms with Crippen LogP contribution in [0.4, 0.5) is 4.79 Å². The predicted molar refractivity (Wildman–Crippen MR) is 150 cm³/mol. The fraction of sp³-hybridized carbons (Fsp3) is 0.387. The molecule has 3 aromatic carbocycles. The van der Waals surface area contributed by atoms with Crippen LogP contribution in [0, 0.1) is 6.92 Å². The van der Waals surface area contributed by atoms with Crippen LogP contribution in [0.1, 0.15) is 37.5 Å². The number of rotatable bonds is 9. The van der Waals surface area contributed by atoms with Crippen molar-refractivity contribution in [2.45, 2.75) is 68.8 Å². The van der Waals surface area contributed by atoms with Gasteiger partial charge in [0.15, 0.2) is 9.84 Å². The third-order valence-electron chi connectivity index (χ3n) is 6.58. The minimum Gasteiger partial charge on any atom is -0.444 e. The van der Waals surface area contributed by atoms with Gasteiger partial charge in [0.25, 0.3) is 0 Å². The molecule has 1 saturated heterocycles. The number of carbonyl (C=O) groups excluding carboxylic acids is 1. The number of benzene rings is 3. The average Bonchev–Trinajstić information content (AvgIpc) is 3.27. The van der Waals surface area contributed by atoms with Gasteiger partial charge in [-0.15, -0.1) is 0 Å². The lowest BCUT2D eigenvalue weighted by molar-refractivity contribution is -0.0316. The Balaban J connectivity index is 1.67. The van der Waals surface area contributed by atoms with Crippen LogP contribution in [0.3, 0.4) is 0 Å². The standard InChI is InChI=1S/C31H37NO6S/c1-23-15-17-26(18-16-23)39(34,35)28-19-32(30(33)38-31(2,3)4)27(22-36-20-24-11-7-5-8-12-24)29(28)37-21-25-13-9-6-10-14-25/h5-18,27-29H,19-22H2,1-4H3/t27-,28+,29+/m0/s1. The average molecular weight is 552 g/mol. The minimum atomic E-state index is -3.86. The number of hydrogen-bond donors (Lipinski definition) is 0. The van der Waals surface area contributed by atoms with Gasteiger partial charge in [-0.3, -0.25) is 4.90 Å². The Kier molecular flexibility index (Phi) is 9.10. The van der Waals surface area contributed by atoms with Crippen molar-refractivity contribution < 1.29 is 27.4 Å². The van der Waals surface area contributed by atoms with Gasteiger partial charge in [-0.05, 0) is 51.0 Å². The summed E-state index contributed by atoms with van der Waals surface area (Å²) in [6.45, 7) is 7.80. The van der Waals surface area contributed by atoms with Gasteiger partial charge < -0.3 is 14.2 Å². The molecule has 1 amide bonds. The van der Waals surface area contributed by atoms with Crippen LogP contribution in [0.25, 0.3) is 0 Å². The molecule has 39 heavy (non-hydrogen) atoms. The van der Waals surface area contributed by atoms with E-state index in [0.717, 1.165) is 16.7 Å². The molecule has 0 bridgehead atoms. The van der Waals surface area contributed by atoms with Crippen LogP contribution in [0.15, 0.2) is 89.8 Å². The number of likely N-dealkylation sites (tertiary alicyclic amines) is 1. The highest BCUT2D eigenvalue weighted by Gasteiger charge is 2.52. The van der Waals surface area contributed by atoms with Crippen molar-refractivity contribution in [3.05, 3.63) is 102 Å². The zero-order valence-electron chi connectivity index (χ0n) is 22.9. The van der Waals surface area contributed by atoms with Gasteiger partial charge in [0.1, 0.15) is 10.9 Å². The van der Waals surface area contributed by atoms with Crippen LogP contribution >= 0.6 is 0 Å². The van der Waals surface area contributed by atoms with Crippen molar-refractivity contribution in [1.82, 2.24) is 4.90 Å². The first-order valence-corrected chi connectivity index (χ1v) is 14.7. The first-order chi connectivity index (χ1) is 18.5. The minimum absolute atomic E-state index is 0.0655. The SMILES string of the molecule is Cc1ccc(S(=O)(=O)[C@@H]2CN(C(=O)OC(C)(C)C)[C@@H](COCc3ccccc3)[C@H]2OCc2ccccc2)cc1. The van der Waals surface area contributed by atoms with Crippen molar-refractivity contribution in [3.63, 3.8) is 0 Å². The summed E-state index contributed by atoms with van der Waals surface area (Å²) < 4.78 is 46.0. The summed E-state index contributed by atoms with van der Waals surface area (Å²) in [4.78, 5) is 15.0. The number of nitrogens with zero attached hydrogens (tertiary/aromatic N) is 1. The lowest BCUT2D eigenvalue weighted by atomic mass is 10.1. The third-order valence-corrected chi connectivity index (χ3v) is 8.73. The molecule has 0 aliphatic carbocycles. The third kappa shape index (κ3) is 7.47. The van der Waals surface area contributed by atoms with Gasteiger partial charge in [0.05, 0.1) is 36.9 Å². The van der Waals surface area contributed by atoms with E-state index in [1.165, 1.54) is 4.90 Å². The molecule has 4 rings (SSSR count). The van der Waals surface area contributed by atoms with E-state index in [1.807, 2.05) is 67.6 Å². The van der Waals surface area contributed by atoms with Gasteiger partial charge in [-0.2, -0.15) is 0 Å². The Morgan fingerprint density at radius 2 is 1.44 bits per heavy atom. The van der Waals surface area contributed by atoms with Gasteiger partial charge in [-0.1, -0.05) is 78.4 Å². The highest BCUT2D eigenvalue weighted by molar-refractivity contribution is 7.92. The fourth-order valence-corrected chi connectivity index (χ4v) is 6.44. The Morgan fingerprint density at radius 1 is 0.872 bits per heavy atom. The van der Waals surface area contributed by atoms with E-state index in [9.17, 15) is 13.2 Å². The molecule has 0 saturated carbocycles. The molecule has 1 aliphatic heterocycles. The van der Waals surface area contributed by atoms with E-state index in [0.29, 0.717) is 6.61 Å². The van der Waals surface area contributed by atoms with Crippen LogP contribution in [-0.2, 0) is 37.3 Å². The molecular weight excluding hydrogens is 514 g/mol. The summed E-state index contributed by atoms with van der Waals surface area (Å²) in [5, 5.41) is -0.998. The van der Waals surface area contributed by atoms with E-state index in [2.05, 4.69) is 0 Å². The van der Waals surface area contributed by atoms with Crippen molar-refractivity contribution in [2.24, 2.45) is 0 Å². The van der Waals surface area contributed by atoms with Gasteiger partial charge in [0, 0.05) is 6.54 Å². The van der Waals surface area contributed by atoms with E-state index >= 15 is 0 Å². The fourth-order valence-electron chi connectivity index (χ4n) is 4.61. The van der Waals surface area contributed by atoms with E-state index in [4.69, 9.17) is 14.2 Å². The summed E-state index contributed by atoms with van der Waals surface area (Å²) in [6.07, 6.45) is -1.43. The van der Waals surface area contributed by atoms with E-state index in [1.54, 1.807) is 45.0 Å². The molecule has 0 aromatic heterocycles. The second-order valence-electron chi connectivity index (χ2n) is 10.9. The molecule has 208 valence electrons. The summed E-state index contributed by atoms with van der Waals surface area (Å²) in [6, 6.07) is 25.3. The van der Waals surface area contributed by atoms with Crippen LogP contribution < -0.4 is 0 Å². The van der Waals surface area contributed by atoms with Crippen molar-refractivity contribution in [2.75, 3.05) is 13.2 Å². The van der Waals surface area contributed by atoms with Crippen LogP contribution in [0.2, 0.25) is 0 Å². The Hall–Kier alpha value is -3.20. The molecule has 7 nitrogen and oxygen atoms in total. The van der Waals surface area contributed by atoms with E-state index in [-0.39, 0.29) is 24.7 Å². The molecule has 1 fully saturated rings. The maximum absolute atomic E-state index is 14.0. The molecule has 3 aromatic rings. The molecule has 0 spiro atoms. The van der Waals surface area contributed by atoms with Crippen molar-refractivity contribution in [3.8, 4) is 0 Å². The smallest absolute Gasteiger partial charge is 0.410 e. The van der Waals surface area contributed by atoms with E-state index < -0.39 is 38.9 Å². The molecule has 1 aliphatic rings. The van der Waals surface area contributed by atoms with Gasteiger partial charge >= 0.3 is 6.09 Å². The largest absolute Gasteiger partial charge is 0.444 e. The highest BCUT2D eigenvalue weighted by atomic mass is 32.2. The number of amides is 1. The predicted octanol–water partition coefficient (Wildman–Crippen LogP) is 5.56. The molecule has 3 atom stereocenters. The Labute approximate surface area is 231 Å². The second-order valence-corrected chi connectivity index (χ2v) is 13.0. The maximum Gasteiger partial charge on any atom is 0.410 e. The summed E-state index contributed by atoms with van der Waals surface area (Å²) in [5.41, 5.74) is 2.09. The first-order valence-electron chi connectivity index (χ1n) is 13.1. The molecule has 0 unspecified atom stereocenters. The first kappa shape index (κ1) is 28.8. The van der Waals surface area contributed by atoms with Crippen LogP contribution in [0.5, 0.6) is 0 Å². The number of sulfone groups is 1. The molecule has 0 radical (unpaired) electrons. The zero-order valence-corrected chi connectivity index (χ0v) is 23.8. The monoisotopic (exact) mass is 551 g/mol. The molecule has 8 heteroatoms. The normalized spacial score (nSPS) is 19.7. The number of ether oxygens (including phenoxy) is 3. The molecule has 0 N–H and O–H groups in total. The van der Waals surface area contributed by atoms with Crippen LogP contribution in [-0.4, -0.2) is 55.6 Å². The molecular formula is C31H37NO6S.